The average Bonchev–Trinajstić information content (AvgIpc) is 3.06. The topological polar surface area (TPSA) is 211 Å². The average molecular weight is 738 g/mol. The number of nitrogens with one attached hydrogen (secondary N) is 2. The Kier molecular flexibility index (Phi) is 20.1. The zero-order valence-electron chi connectivity index (χ0n) is 29.3. The van der Waals surface area contributed by atoms with Crippen LogP contribution in [0.3, 0.4) is 0 Å². The van der Waals surface area contributed by atoms with Crippen molar-refractivity contribution in [2.45, 2.75) is 83.3 Å². The van der Waals surface area contributed by atoms with E-state index in [4.69, 9.17) is 11.5 Å². The minimum absolute atomic E-state index is 0. The first kappa shape index (κ1) is 44.2. The van der Waals surface area contributed by atoms with Crippen molar-refractivity contribution in [1.29, 1.82) is 0 Å². The van der Waals surface area contributed by atoms with Crippen molar-refractivity contribution in [3.63, 3.8) is 0 Å². The number of nitrogens with zero attached hydrogens (tertiary/aromatic N) is 1. The van der Waals surface area contributed by atoms with E-state index in [2.05, 4.69) is 15.4 Å². The van der Waals surface area contributed by atoms with Crippen molar-refractivity contribution in [3.05, 3.63) is 64.7 Å². The van der Waals surface area contributed by atoms with Gasteiger partial charge in [-0.2, -0.15) is 0 Å². The monoisotopic (exact) mass is 737 g/mol. The maximum Gasteiger partial charge on any atom is 0.305 e. The van der Waals surface area contributed by atoms with Gasteiger partial charge in [0.15, 0.2) is 0 Å². The van der Waals surface area contributed by atoms with Gasteiger partial charge >= 0.3 is 5.97 Å². The second-order valence-electron chi connectivity index (χ2n) is 12.1. The van der Waals surface area contributed by atoms with E-state index in [9.17, 15) is 33.3 Å². The molecule has 2 rings (SSSR count). The van der Waals surface area contributed by atoms with E-state index < -0.39 is 59.1 Å². The number of halogens is 1. The zero-order chi connectivity index (χ0) is 36.5. The molecule has 15 heteroatoms. The first-order valence-electron chi connectivity index (χ1n) is 16.4. The number of amides is 4. The Morgan fingerprint density at radius 3 is 2.12 bits per heavy atom. The molecule has 2 aromatic rings. The molecule has 0 spiro atoms. The second-order valence-corrected chi connectivity index (χ2v) is 13.7. The fourth-order valence-electron chi connectivity index (χ4n) is 5.31. The number of unbranched alkanes of at least 4 members (excludes halogenated alkanes) is 3. The lowest BCUT2D eigenvalue weighted by Gasteiger charge is -2.27. The van der Waals surface area contributed by atoms with E-state index in [-0.39, 0.29) is 49.1 Å². The number of methoxy groups -OCH3 is 1. The summed E-state index contributed by atoms with van der Waals surface area (Å²) in [6, 6.07) is 8.68. The quantitative estimate of drug-likeness (QED) is 0.0981. The van der Waals surface area contributed by atoms with Crippen LogP contribution in [0.4, 0.5) is 0 Å². The van der Waals surface area contributed by atoms with Crippen molar-refractivity contribution in [1.82, 2.24) is 15.5 Å². The van der Waals surface area contributed by atoms with Gasteiger partial charge in [0.25, 0.3) is 0 Å². The number of aromatic hydroxyl groups is 1. The van der Waals surface area contributed by atoms with Crippen LogP contribution in [0.2, 0.25) is 0 Å². The van der Waals surface area contributed by atoms with E-state index >= 15 is 0 Å². The molecule has 278 valence electrons. The molecule has 13 nitrogen and oxygen atoms in total. The Balaban J connectivity index is 0.0000125. The number of phenols is 1. The highest BCUT2D eigenvalue weighted by Gasteiger charge is 2.33. The Labute approximate surface area is 303 Å². The lowest BCUT2D eigenvalue weighted by Crippen LogP contribution is -2.57. The number of hydrogen-bond donors (Lipinski definition) is 5. The van der Waals surface area contributed by atoms with E-state index in [1.807, 2.05) is 30.3 Å². The van der Waals surface area contributed by atoms with Gasteiger partial charge in [-0.15, -0.1) is 12.4 Å². The van der Waals surface area contributed by atoms with Gasteiger partial charge in [-0.1, -0.05) is 43.2 Å². The van der Waals surface area contributed by atoms with Gasteiger partial charge in [0.05, 0.1) is 19.2 Å². The normalized spacial score (nSPS) is 13.2. The third-order valence-electron chi connectivity index (χ3n) is 8.06. The highest BCUT2D eigenvalue weighted by Crippen LogP contribution is 2.22. The minimum atomic E-state index is -1.24. The summed E-state index contributed by atoms with van der Waals surface area (Å²) in [6.45, 7) is 3.14. The number of imide groups is 1. The molecule has 50 heavy (non-hydrogen) atoms. The van der Waals surface area contributed by atoms with Crippen LogP contribution in [0.5, 0.6) is 5.75 Å². The molecule has 7 N–H and O–H groups in total. The summed E-state index contributed by atoms with van der Waals surface area (Å²) in [5.74, 6) is -2.98. The van der Waals surface area contributed by atoms with Crippen LogP contribution < -0.4 is 22.1 Å². The maximum absolute atomic E-state index is 13.7. The summed E-state index contributed by atoms with van der Waals surface area (Å²) in [7, 11) is 0.102. The lowest BCUT2D eigenvalue weighted by atomic mass is 9.95. The highest BCUT2D eigenvalue weighted by atomic mass is 35.5. The number of nitrogens with two attached hydrogens (primary N) is 2. The number of carbonyl (C=O) groups is 5. The van der Waals surface area contributed by atoms with Gasteiger partial charge in [-0.25, -0.2) is 0 Å². The molecule has 0 aliphatic heterocycles. The standard InChI is InChI=1S/C35H51N5O8S.ClH/c1-23-18-26(41)19-24(2)27(23)21-29(37)35(46)40(34(45)28(36)15-17-49(4)47)22-31(42)39-30(20-25-12-8-7-9-13-25)33(44)38-16-11-6-5-10-14-32(43)48-3;/h7-9,12-13,18-19,28-30,41H,5-6,10-11,14-17,20-22,36-37H2,1-4H3,(H,38,44)(H,39,42);1H/t28-,29+,30+,49?;/m1./s1. The van der Waals surface area contributed by atoms with Crippen LogP contribution >= 0.6 is 12.4 Å². The summed E-state index contributed by atoms with van der Waals surface area (Å²) < 4.78 is 16.3. The SMILES string of the molecule is COC(=O)CCCCCCNC(=O)[C@H](Cc1ccccc1)NC(=O)CN(C(=O)[C@H](N)CCS(C)=O)C(=O)[C@@H](N)Cc1c(C)cc(O)cc1C.Cl. The van der Waals surface area contributed by atoms with Gasteiger partial charge in [0, 0.05) is 42.2 Å². The number of benzene rings is 2. The van der Waals surface area contributed by atoms with E-state index in [0.29, 0.717) is 47.4 Å². The first-order chi connectivity index (χ1) is 23.2. The Bertz CT molecular complexity index is 1440. The molecule has 0 aliphatic carbocycles. The van der Waals surface area contributed by atoms with Crippen molar-refractivity contribution < 1.29 is 38.0 Å². The summed E-state index contributed by atoms with van der Waals surface area (Å²) >= 11 is 0. The van der Waals surface area contributed by atoms with Crippen LogP contribution in [-0.4, -0.2) is 94.1 Å². The summed E-state index contributed by atoms with van der Waals surface area (Å²) in [5, 5.41) is 15.4. The number of ether oxygens (including phenoxy) is 1. The fraction of sp³-hybridized carbons (Fsp3) is 0.514. The number of rotatable bonds is 20. The molecule has 1 unspecified atom stereocenters. The predicted octanol–water partition coefficient (Wildman–Crippen LogP) is 1.72. The molecule has 4 atom stereocenters. The smallest absolute Gasteiger partial charge is 0.305 e. The molecule has 0 heterocycles. The van der Waals surface area contributed by atoms with Crippen molar-refractivity contribution in [2.24, 2.45) is 11.5 Å². The number of carbonyl (C=O) groups excluding carboxylic acids is 5. The fourth-order valence-corrected chi connectivity index (χ4v) is 5.89. The largest absolute Gasteiger partial charge is 0.508 e. The second kappa shape index (κ2) is 22.8. The molecule has 0 radical (unpaired) electrons. The molecule has 0 saturated heterocycles. The van der Waals surface area contributed by atoms with Crippen LogP contribution in [0.1, 0.15) is 60.8 Å². The van der Waals surface area contributed by atoms with Crippen LogP contribution in [0.25, 0.3) is 0 Å². The number of esters is 1. The minimum Gasteiger partial charge on any atom is -0.508 e. The van der Waals surface area contributed by atoms with E-state index in [0.717, 1.165) is 18.4 Å². The maximum atomic E-state index is 13.7. The molecule has 2 aromatic carbocycles. The van der Waals surface area contributed by atoms with Gasteiger partial charge in [0.2, 0.25) is 23.6 Å². The van der Waals surface area contributed by atoms with Crippen LogP contribution in [0, 0.1) is 13.8 Å². The molecular weight excluding hydrogens is 686 g/mol. The lowest BCUT2D eigenvalue weighted by molar-refractivity contribution is -0.149. The number of aryl methyl sites for hydroxylation is 2. The van der Waals surface area contributed by atoms with Crippen molar-refractivity contribution in [2.75, 3.05) is 32.2 Å². The zero-order valence-corrected chi connectivity index (χ0v) is 30.9. The van der Waals surface area contributed by atoms with Gasteiger partial charge < -0.3 is 31.9 Å². The van der Waals surface area contributed by atoms with E-state index in [1.165, 1.54) is 13.4 Å². The van der Waals surface area contributed by atoms with Gasteiger partial charge in [0.1, 0.15) is 18.3 Å². The highest BCUT2D eigenvalue weighted by molar-refractivity contribution is 7.84. The Hall–Kier alpha value is -3.85. The molecule has 0 aromatic heterocycles. The molecule has 0 bridgehead atoms. The van der Waals surface area contributed by atoms with Crippen molar-refractivity contribution in [3.8, 4) is 5.75 Å². The molecule has 0 fully saturated rings. The predicted molar refractivity (Wildman–Crippen MR) is 195 cm³/mol. The van der Waals surface area contributed by atoms with Gasteiger partial charge in [-0.3, -0.25) is 33.1 Å². The molecule has 0 aliphatic rings. The molecular formula is C35H52ClN5O8S. The first-order valence-corrected chi connectivity index (χ1v) is 18.1. The number of phenolic OH excluding ortho intramolecular Hbond substituents is 1. The van der Waals surface area contributed by atoms with E-state index in [1.54, 1.807) is 26.0 Å². The molecule has 4 amide bonds. The summed E-state index contributed by atoms with van der Waals surface area (Å²) in [6.07, 6.45) is 4.90. The van der Waals surface area contributed by atoms with Crippen LogP contribution in [-0.2, 0) is 52.4 Å². The summed E-state index contributed by atoms with van der Waals surface area (Å²) in [5.41, 5.74) is 15.3. The van der Waals surface area contributed by atoms with Gasteiger partial charge in [-0.05, 0) is 73.9 Å². The van der Waals surface area contributed by atoms with Crippen LogP contribution in [0.15, 0.2) is 42.5 Å². The van der Waals surface area contributed by atoms with Crippen molar-refractivity contribution >= 4 is 52.8 Å². The third-order valence-corrected chi connectivity index (χ3v) is 8.87. The summed E-state index contributed by atoms with van der Waals surface area (Å²) in [4.78, 5) is 66.0. The Morgan fingerprint density at radius 1 is 0.920 bits per heavy atom. The number of hydrogen-bond acceptors (Lipinski definition) is 10. The molecule has 0 saturated carbocycles. The third kappa shape index (κ3) is 15.4. The Morgan fingerprint density at radius 2 is 1.52 bits per heavy atom.